The van der Waals surface area contributed by atoms with Gasteiger partial charge in [0.25, 0.3) is 0 Å². The molecule has 7 heteroatoms. The smallest absolute Gasteiger partial charge is 0.246 e. The Kier molecular flexibility index (Phi) is 5.97. The van der Waals surface area contributed by atoms with Crippen LogP contribution >= 0.6 is 11.3 Å². The molecular weight excluding hydrogens is 388 g/mol. The molecule has 0 saturated carbocycles. The molecule has 0 radical (unpaired) electrons. The third-order valence-corrected chi connectivity index (χ3v) is 5.66. The van der Waals surface area contributed by atoms with E-state index >= 15 is 0 Å². The highest BCUT2D eigenvalue weighted by Crippen LogP contribution is 2.35. The average Bonchev–Trinajstić information content (AvgIpc) is 3.27. The SMILES string of the molecule is CCOc1cc2c(cc1CNC(=O)COCc1nc3ccccc3s1)O[C@@H](C)C2. The highest BCUT2D eigenvalue weighted by atomic mass is 32.1. The first-order valence-electron chi connectivity index (χ1n) is 9.76. The number of nitrogens with one attached hydrogen (secondary N) is 1. The van der Waals surface area contributed by atoms with Gasteiger partial charge in [-0.2, -0.15) is 0 Å². The number of benzene rings is 2. The van der Waals surface area contributed by atoms with Gasteiger partial charge in [-0.05, 0) is 38.1 Å². The zero-order valence-corrected chi connectivity index (χ0v) is 17.4. The van der Waals surface area contributed by atoms with Gasteiger partial charge < -0.3 is 19.5 Å². The quantitative estimate of drug-likeness (QED) is 0.609. The van der Waals surface area contributed by atoms with Crippen LogP contribution in [0, 0.1) is 0 Å². The molecule has 0 saturated heterocycles. The lowest BCUT2D eigenvalue weighted by molar-refractivity contribution is -0.126. The summed E-state index contributed by atoms with van der Waals surface area (Å²) in [5, 5.41) is 3.76. The van der Waals surface area contributed by atoms with Crippen LogP contribution in [-0.4, -0.2) is 30.2 Å². The van der Waals surface area contributed by atoms with Crippen LogP contribution in [0.4, 0.5) is 0 Å². The van der Waals surface area contributed by atoms with E-state index in [9.17, 15) is 4.79 Å². The molecule has 1 N–H and O–H groups in total. The molecule has 152 valence electrons. The van der Waals surface area contributed by atoms with E-state index in [1.54, 1.807) is 11.3 Å². The number of fused-ring (bicyclic) bond motifs is 2. The maximum Gasteiger partial charge on any atom is 0.246 e. The van der Waals surface area contributed by atoms with Crippen LogP contribution in [-0.2, 0) is 29.1 Å². The molecule has 2 aromatic carbocycles. The number of carbonyl (C=O) groups excluding carboxylic acids is 1. The van der Waals surface area contributed by atoms with Crippen molar-refractivity contribution in [3.05, 3.63) is 52.5 Å². The van der Waals surface area contributed by atoms with Crippen molar-refractivity contribution in [3.8, 4) is 11.5 Å². The van der Waals surface area contributed by atoms with E-state index in [0.29, 0.717) is 19.8 Å². The zero-order chi connectivity index (χ0) is 20.2. The van der Waals surface area contributed by atoms with E-state index in [1.165, 1.54) is 0 Å². The maximum absolute atomic E-state index is 12.2. The summed E-state index contributed by atoms with van der Waals surface area (Å²) in [6.07, 6.45) is 1.04. The second kappa shape index (κ2) is 8.80. The summed E-state index contributed by atoms with van der Waals surface area (Å²) >= 11 is 1.58. The summed E-state index contributed by atoms with van der Waals surface area (Å²) in [6, 6.07) is 11.9. The van der Waals surface area contributed by atoms with Crippen molar-refractivity contribution >= 4 is 27.5 Å². The fourth-order valence-electron chi connectivity index (χ4n) is 3.37. The third kappa shape index (κ3) is 4.68. The van der Waals surface area contributed by atoms with Crippen LogP contribution in [0.2, 0.25) is 0 Å². The van der Waals surface area contributed by atoms with Gasteiger partial charge in [0.05, 0.1) is 23.4 Å². The van der Waals surface area contributed by atoms with Crippen LogP contribution in [0.25, 0.3) is 10.2 Å². The summed E-state index contributed by atoms with van der Waals surface area (Å²) < 4.78 is 18.2. The number of carbonyl (C=O) groups is 1. The molecule has 1 aliphatic rings. The second-order valence-electron chi connectivity index (χ2n) is 6.98. The Morgan fingerprint density at radius 2 is 2.21 bits per heavy atom. The second-order valence-corrected chi connectivity index (χ2v) is 8.09. The van der Waals surface area contributed by atoms with E-state index in [1.807, 2.05) is 50.2 Å². The lowest BCUT2D eigenvalue weighted by atomic mass is 10.1. The van der Waals surface area contributed by atoms with Crippen molar-refractivity contribution < 1.29 is 19.0 Å². The number of hydrogen-bond acceptors (Lipinski definition) is 6. The van der Waals surface area contributed by atoms with Crippen molar-refractivity contribution in [1.29, 1.82) is 0 Å². The molecule has 3 aromatic rings. The van der Waals surface area contributed by atoms with Gasteiger partial charge in [-0.25, -0.2) is 4.98 Å². The van der Waals surface area contributed by atoms with Gasteiger partial charge >= 0.3 is 0 Å². The van der Waals surface area contributed by atoms with Crippen molar-refractivity contribution in [2.24, 2.45) is 0 Å². The summed E-state index contributed by atoms with van der Waals surface area (Å²) in [5.74, 6) is 1.49. The molecule has 0 unspecified atom stereocenters. The Bertz CT molecular complexity index is 984. The van der Waals surface area contributed by atoms with Crippen molar-refractivity contribution in [2.45, 2.75) is 39.5 Å². The molecular formula is C22H24N2O4S. The van der Waals surface area contributed by atoms with Crippen molar-refractivity contribution in [3.63, 3.8) is 0 Å². The van der Waals surface area contributed by atoms with Gasteiger partial charge in [-0.3, -0.25) is 4.79 Å². The molecule has 1 aliphatic heterocycles. The number of rotatable bonds is 8. The topological polar surface area (TPSA) is 69.7 Å². The number of aromatic nitrogens is 1. The normalized spacial score (nSPS) is 15.2. The standard InChI is InChI=1S/C22H24N2O4S/c1-3-27-18-9-15-8-14(2)28-19(15)10-16(18)11-23-21(25)12-26-13-22-24-17-6-4-5-7-20(17)29-22/h4-7,9-10,14H,3,8,11-13H2,1-2H3,(H,23,25)/t14-/m0/s1. The van der Waals surface area contributed by atoms with Crippen LogP contribution in [0.15, 0.2) is 36.4 Å². The molecule has 1 amide bonds. The molecule has 1 aromatic heterocycles. The Labute approximate surface area is 173 Å². The molecule has 1 atom stereocenters. The largest absolute Gasteiger partial charge is 0.494 e. The summed E-state index contributed by atoms with van der Waals surface area (Å²) in [5.41, 5.74) is 3.01. The molecule has 0 spiro atoms. The first-order valence-corrected chi connectivity index (χ1v) is 10.6. The number of thiazole rings is 1. The van der Waals surface area contributed by atoms with Crippen LogP contribution < -0.4 is 14.8 Å². The van der Waals surface area contributed by atoms with Crippen molar-refractivity contribution in [1.82, 2.24) is 10.3 Å². The number of nitrogens with zero attached hydrogens (tertiary/aromatic N) is 1. The Morgan fingerprint density at radius 3 is 3.03 bits per heavy atom. The summed E-state index contributed by atoms with van der Waals surface area (Å²) in [4.78, 5) is 16.7. The monoisotopic (exact) mass is 412 g/mol. The fourth-order valence-corrected chi connectivity index (χ4v) is 4.27. The molecule has 6 nitrogen and oxygen atoms in total. The van der Waals surface area contributed by atoms with Gasteiger partial charge in [-0.15, -0.1) is 11.3 Å². The molecule has 4 rings (SSSR count). The van der Waals surface area contributed by atoms with E-state index in [0.717, 1.165) is 44.3 Å². The molecule has 29 heavy (non-hydrogen) atoms. The maximum atomic E-state index is 12.2. The zero-order valence-electron chi connectivity index (χ0n) is 16.6. The van der Waals surface area contributed by atoms with E-state index in [-0.39, 0.29) is 18.6 Å². The van der Waals surface area contributed by atoms with Crippen LogP contribution in [0.5, 0.6) is 11.5 Å². The lowest BCUT2D eigenvalue weighted by Crippen LogP contribution is -2.27. The van der Waals surface area contributed by atoms with Gasteiger partial charge in [0, 0.05) is 24.1 Å². The van der Waals surface area contributed by atoms with E-state index in [2.05, 4.69) is 10.3 Å². The lowest BCUT2D eigenvalue weighted by Gasteiger charge is -2.13. The molecule has 2 heterocycles. The Hall–Kier alpha value is -2.64. The minimum absolute atomic E-state index is 0.0155. The van der Waals surface area contributed by atoms with Gasteiger partial charge in [0.15, 0.2) is 0 Å². The van der Waals surface area contributed by atoms with Gasteiger partial charge in [0.2, 0.25) is 5.91 Å². The van der Waals surface area contributed by atoms with Gasteiger partial charge in [-0.1, -0.05) is 12.1 Å². The number of hydrogen-bond donors (Lipinski definition) is 1. The van der Waals surface area contributed by atoms with Crippen LogP contribution in [0.1, 0.15) is 30.0 Å². The predicted molar refractivity (Wildman–Crippen MR) is 113 cm³/mol. The average molecular weight is 413 g/mol. The highest BCUT2D eigenvalue weighted by molar-refractivity contribution is 7.18. The van der Waals surface area contributed by atoms with E-state index < -0.39 is 0 Å². The predicted octanol–water partition coefficient (Wildman–Crippen LogP) is 3.85. The molecule has 0 fully saturated rings. The summed E-state index contributed by atoms with van der Waals surface area (Å²) in [7, 11) is 0. The fraction of sp³-hybridized carbons (Fsp3) is 0.364. The van der Waals surface area contributed by atoms with E-state index in [4.69, 9.17) is 14.2 Å². The first-order chi connectivity index (χ1) is 14.1. The third-order valence-electron chi connectivity index (χ3n) is 4.65. The highest BCUT2D eigenvalue weighted by Gasteiger charge is 2.22. The Morgan fingerprint density at radius 1 is 1.34 bits per heavy atom. The summed E-state index contributed by atoms with van der Waals surface area (Å²) in [6.45, 7) is 5.24. The van der Waals surface area contributed by atoms with Crippen molar-refractivity contribution in [2.75, 3.05) is 13.2 Å². The molecule has 0 aliphatic carbocycles. The first kappa shape index (κ1) is 19.7. The minimum Gasteiger partial charge on any atom is -0.494 e. The number of para-hydroxylation sites is 1. The molecule has 0 bridgehead atoms. The van der Waals surface area contributed by atoms with Crippen LogP contribution in [0.3, 0.4) is 0 Å². The Balaban J connectivity index is 1.30. The van der Waals surface area contributed by atoms with Gasteiger partial charge in [0.1, 0.15) is 29.2 Å². The number of amides is 1. The minimum atomic E-state index is -0.177. The number of ether oxygens (including phenoxy) is 3.